The summed E-state index contributed by atoms with van der Waals surface area (Å²) in [7, 11) is -2.34. The van der Waals surface area contributed by atoms with E-state index >= 15 is 0 Å². The summed E-state index contributed by atoms with van der Waals surface area (Å²) < 4.78 is 38.2. The minimum Gasteiger partial charge on any atom is -0.392 e. The molecule has 1 atom stereocenters. The number of nitrogens with zero attached hydrogens (tertiary/aromatic N) is 1. The highest BCUT2D eigenvalue weighted by Crippen LogP contribution is 2.18. The molecule has 0 fully saturated rings. The summed E-state index contributed by atoms with van der Waals surface area (Å²) in [6.45, 7) is 1.44. The second-order valence-corrected chi connectivity index (χ2v) is 6.63. The lowest BCUT2D eigenvalue weighted by atomic mass is 10.2. The number of rotatable bonds is 5. The van der Waals surface area contributed by atoms with Gasteiger partial charge in [-0.15, -0.1) is 0 Å². The number of hydrogen-bond donors (Lipinski definition) is 1. The maximum atomic E-state index is 13.4. The average Bonchev–Trinajstić information content (AvgIpc) is 2.22. The molecule has 4 nitrogen and oxygen atoms in total. The van der Waals surface area contributed by atoms with Crippen molar-refractivity contribution >= 4 is 21.6 Å². The van der Waals surface area contributed by atoms with Crippen molar-refractivity contribution in [1.29, 1.82) is 0 Å². The Morgan fingerprint density at radius 3 is 2.67 bits per heavy atom. The quantitative estimate of drug-likeness (QED) is 0.898. The SMILES string of the molecule is C[C@H](O)CN(C)S(=O)(=O)Cc1cc(Cl)ccc1F. The van der Waals surface area contributed by atoms with Crippen LogP contribution in [-0.4, -0.2) is 37.5 Å². The zero-order chi connectivity index (χ0) is 13.9. The maximum absolute atomic E-state index is 13.4. The number of hydrogen-bond acceptors (Lipinski definition) is 3. The third-order valence-corrected chi connectivity index (χ3v) is 4.35. The largest absolute Gasteiger partial charge is 0.392 e. The molecule has 102 valence electrons. The maximum Gasteiger partial charge on any atom is 0.218 e. The lowest BCUT2D eigenvalue weighted by molar-refractivity contribution is 0.171. The zero-order valence-electron chi connectivity index (χ0n) is 10.1. The lowest BCUT2D eigenvalue weighted by Gasteiger charge is -2.18. The van der Waals surface area contributed by atoms with Crippen molar-refractivity contribution in [3.05, 3.63) is 34.6 Å². The Hall–Kier alpha value is -0.690. The van der Waals surface area contributed by atoms with Crippen molar-refractivity contribution in [2.75, 3.05) is 13.6 Å². The van der Waals surface area contributed by atoms with Gasteiger partial charge in [-0.25, -0.2) is 17.1 Å². The summed E-state index contributed by atoms with van der Waals surface area (Å²) in [4.78, 5) is 0. The van der Waals surface area contributed by atoms with Gasteiger partial charge in [0.2, 0.25) is 10.0 Å². The molecule has 0 radical (unpaired) electrons. The second kappa shape index (κ2) is 5.97. The number of likely N-dealkylation sites (N-methyl/N-ethyl adjacent to an activating group) is 1. The van der Waals surface area contributed by atoms with Crippen molar-refractivity contribution in [2.45, 2.75) is 18.8 Å². The minimum absolute atomic E-state index is 0.0138. The predicted octanol–water partition coefficient (Wildman–Crippen LogP) is 1.62. The normalized spacial score (nSPS) is 13.9. The first-order valence-corrected chi connectivity index (χ1v) is 7.27. The first-order chi connectivity index (χ1) is 8.22. The molecule has 0 aliphatic heterocycles. The van der Waals surface area contributed by atoms with Gasteiger partial charge < -0.3 is 5.11 Å². The summed E-state index contributed by atoms with van der Waals surface area (Å²) in [5.41, 5.74) is 0.0138. The van der Waals surface area contributed by atoms with Crippen molar-refractivity contribution < 1.29 is 17.9 Å². The molecule has 0 unspecified atom stereocenters. The van der Waals surface area contributed by atoms with E-state index in [-0.39, 0.29) is 17.1 Å². The minimum atomic E-state index is -3.67. The predicted molar refractivity (Wildman–Crippen MR) is 68.3 cm³/mol. The van der Waals surface area contributed by atoms with Gasteiger partial charge in [0, 0.05) is 24.2 Å². The molecule has 18 heavy (non-hydrogen) atoms. The third-order valence-electron chi connectivity index (χ3n) is 2.34. The van der Waals surface area contributed by atoms with E-state index in [1.54, 1.807) is 0 Å². The fourth-order valence-electron chi connectivity index (χ4n) is 1.45. The monoisotopic (exact) mass is 295 g/mol. The van der Waals surface area contributed by atoms with Gasteiger partial charge in [-0.2, -0.15) is 0 Å². The molecule has 0 spiro atoms. The van der Waals surface area contributed by atoms with Crippen LogP contribution in [0.1, 0.15) is 12.5 Å². The molecule has 1 N–H and O–H groups in total. The molecule has 0 aliphatic rings. The van der Waals surface area contributed by atoms with Crippen LogP contribution in [0.5, 0.6) is 0 Å². The Kier molecular flexibility index (Phi) is 5.10. The van der Waals surface area contributed by atoms with E-state index in [4.69, 9.17) is 16.7 Å². The highest BCUT2D eigenvalue weighted by Gasteiger charge is 2.21. The number of aliphatic hydroxyl groups excluding tert-OH is 1. The van der Waals surface area contributed by atoms with Gasteiger partial charge in [0.25, 0.3) is 0 Å². The van der Waals surface area contributed by atoms with Crippen LogP contribution in [0.25, 0.3) is 0 Å². The number of sulfonamides is 1. The van der Waals surface area contributed by atoms with E-state index in [0.717, 1.165) is 10.4 Å². The molecule has 0 heterocycles. The van der Waals surface area contributed by atoms with E-state index < -0.39 is 27.7 Å². The first kappa shape index (κ1) is 15.4. The van der Waals surface area contributed by atoms with E-state index in [1.807, 2.05) is 0 Å². The number of benzene rings is 1. The Labute approximate surface area is 111 Å². The molecule has 0 amide bonds. The van der Waals surface area contributed by atoms with Crippen molar-refractivity contribution in [1.82, 2.24) is 4.31 Å². The summed E-state index contributed by atoms with van der Waals surface area (Å²) in [5, 5.41) is 9.43. The standard InChI is InChI=1S/C11H15ClFNO3S/c1-8(15)6-14(2)18(16,17)7-9-5-10(12)3-4-11(9)13/h3-5,8,15H,6-7H2,1-2H3/t8-/m0/s1. The fraction of sp³-hybridized carbons (Fsp3) is 0.455. The van der Waals surface area contributed by atoms with Crippen molar-refractivity contribution in [3.8, 4) is 0 Å². The van der Waals surface area contributed by atoms with Gasteiger partial charge in [-0.05, 0) is 25.1 Å². The average molecular weight is 296 g/mol. The molecular weight excluding hydrogens is 281 g/mol. The van der Waals surface area contributed by atoms with Crippen LogP contribution >= 0.6 is 11.6 Å². The molecule has 1 aromatic rings. The van der Waals surface area contributed by atoms with Gasteiger partial charge in [-0.3, -0.25) is 0 Å². The third kappa shape index (κ3) is 4.20. The van der Waals surface area contributed by atoms with Crippen LogP contribution in [-0.2, 0) is 15.8 Å². The topological polar surface area (TPSA) is 57.6 Å². The highest BCUT2D eigenvalue weighted by molar-refractivity contribution is 7.88. The van der Waals surface area contributed by atoms with Crippen molar-refractivity contribution in [2.24, 2.45) is 0 Å². The van der Waals surface area contributed by atoms with Crippen LogP contribution in [0.2, 0.25) is 5.02 Å². The molecule has 0 aliphatic carbocycles. The zero-order valence-corrected chi connectivity index (χ0v) is 11.7. The van der Waals surface area contributed by atoms with E-state index in [0.29, 0.717) is 0 Å². The number of aliphatic hydroxyl groups is 1. The highest BCUT2D eigenvalue weighted by atomic mass is 35.5. The molecule has 7 heteroatoms. The van der Waals surface area contributed by atoms with Crippen LogP contribution in [0, 0.1) is 5.82 Å². The fourth-order valence-corrected chi connectivity index (χ4v) is 2.92. The van der Waals surface area contributed by atoms with Crippen LogP contribution in [0.4, 0.5) is 4.39 Å². The molecule has 0 bridgehead atoms. The van der Waals surface area contributed by atoms with Crippen molar-refractivity contribution in [3.63, 3.8) is 0 Å². The lowest BCUT2D eigenvalue weighted by Crippen LogP contribution is -2.34. The summed E-state index contributed by atoms with van der Waals surface area (Å²) in [6.07, 6.45) is -0.783. The molecule has 1 aromatic carbocycles. The summed E-state index contributed by atoms with van der Waals surface area (Å²) >= 11 is 5.69. The second-order valence-electron chi connectivity index (χ2n) is 4.12. The molecule has 0 aromatic heterocycles. The van der Waals surface area contributed by atoms with E-state index in [2.05, 4.69) is 0 Å². The van der Waals surface area contributed by atoms with Crippen LogP contribution < -0.4 is 0 Å². The van der Waals surface area contributed by atoms with Gasteiger partial charge in [-0.1, -0.05) is 11.6 Å². The molecular formula is C11H15ClFNO3S. The van der Waals surface area contributed by atoms with Crippen LogP contribution in [0.3, 0.4) is 0 Å². The molecule has 0 saturated carbocycles. The van der Waals surface area contributed by atoms with Gasteiger partial charge in [0.1, 0.15) is 5.82 Å². The van der Waals surface area contributed by atoms with E-state index in [1.165, 1.54) is 26.1 Å². The van der Waals surface area contributed by atoms with Crippen LogP contribution in [0.15, 0.2) is 18.2 Å². The van der Waals surface area contributed by atoms with Gasteiger partial charge in [0.05, 0.1) is 11.9 Å². The van der Waals surface area contributed by atoms with Gasteiger partial charge in [0.15, 0.2) is 0 Å². The summed E-state index contributed by atoms with van der Waals surface area (Å²) in [5.74, 6) is -1.10. The Bertz CT molecular complexity index is 519. The Morgan fingerprint density at radius 2 is 2.11 bits per heavy atom. The smallest absolute Gasteiger partial charge is 0.218 e. The molecule has 0 saturated heterocycles. The Morgan fingerprint density at radius 1 is 1.50 bits per heavy atom. The summed E-state index contributed by atoms with van der Waals surface area (Å²) in [6, 6.07) is 3.76. The van der Waals surface area contributed by atoms with E-state index in [9.17, 15) is 12.8 Å². The Balaban J connectivity index is 2.92. The first-order valence-electron chi connectivity index (χ1n) is 5.28. The molecule has 1 rings (SSSR count). The number of halogens is 2. The van der Waals surface area contributed by atoms with Gasteiger partial charge >= 0.3 is 0 Å².